The first-order valence-electron chi connectivity index (χ1n) is 8.88. The second-order valence-electron chi connectivity index (χ2n) is 7.10. The average Bonchev–Trinajstić information content (AvgIpc) is 3.12. The molecule has 1 aromatic heterocycles. The molecule has 26 heavy (non-hydrogen) atoms. The van der Waals surface area contributed by atoms with E-state index >= 15 is 0 Å². The molecule has 1 aliphatic heterocycles. The highest BCUT2D eigenvalue weighted by Crippen LogP contribution is 2.26. The number of carbonyl (C=O) groups is 2. The molecule has 0 fully saturated rings. The van der Waals surface area contributed by atoms with Gasteiger partial charge >= 0.3 is 0 Å². The molecule has 3 rings (SSSR count). The number of fused-ring (bicyclic) bond motifs is 1. The summed E-state index contributed by atoms with van der Waals surface area (Å²) in [6.07, 6.45) is 0.553. The van der Waals surface area contributed by atoms with E-state index < -0.39 is 6.04 Å². The van der Waals surface area contributed by atoms with Crippen LogP contribution in [0.25, 0.3) is 0 Å². The summed E-state index contributed by atoms with van der Waals surface area (Å²) in [5, 5.41) is 5.14. The van der Waals surface area contributed by atoms with Crippen LogP contribution >= 0.6 is 11.3 Å². The van der Waals surface area contributed by atoms with Gasteiger partial charge in [-0.25, -0.2) is 0 Å². The van der Waals surface area contributed by atoms with Crippen molar-refractivity contribution in [2.24, 2.45) is 11.7 Å². The molecule has 2 atom stereocenters. The first-order valence-corrected chi connectivity index (χ1v) is 9.76. The van der Waals surface area contributed by atoms with Gasteiger partial charge in [-0.05, 0) is 34.9 Å². The van der Waals surface area contributed by atoms with Crippen LogP contribution in [-0.4, -0.2) is 29.3 Å². The summed E-state index contributed by atoms with van der Waals surface area (Å²) in [5.41, 5.74) is 7.89. The zero-order valence-electron chi connectivity index (χ0n) is 15.1. The number of primary amides is 1. The van der Waals surface area contributed by atoms with Crippen molar-refractivity contribution in [2.45, 2.75) is 38.9 Å². The quantitative estimate of drug-likeness (QED) is 0.819. The van der Waals surface area contributed by atoms with Gasteiger partial charge in [-0.3, -0.25) is 14.5 Å². The molecular weight excluding hydrogens is 346 g/mol. The van der Waals surface area contributed by atoms with Crippen molar-refractivity contribution < 1.29 is 9.59 Å². The third-order valence-corrected chi connectivity index (χ3v) is 5.81. The van der Waals surface area contributed by atoms with E-state index in [4.69, 9.17) is 5.73 Å². The summed E-state index contributed by atoms with van der Waals surface area (Å²) in [5.74, 6) is -0.180. The highest BCUT2D eigenvalue weighted by molar-refractivity contribution is 7.10. The minimum atomic E-state index is -0.449. The molecule has 2 heterocycles. The van der Waals surface area contributed by atoms with E-state index in [1.54, 1.807) is 11.3 Å². The molecule has 0 radical (unpaired) electrons. The number of thiophene rings is 1. The summed E-state index contributed by atoms with van der Waals surface area (Å²) in [7, 11) is 0. The van der Waals surface area contributed by atoms with Gasteiger partial charge in [-0.2, -0.15) is 0 Å². The van der Waals surface area contributed by atoms with Crippen LogP contribution in [0, 0.1) is 5.92 Å². The summed E-state index contributed by atoms with van der Waals surface area (Å²) in [6.45, 7) is 4.90. The molecule has 5 nitrogen and oxygen atoms in total. The molecular formula is C20H25N3O2S. The number of hydrogen-bond donors (Lipinski definition) is 2. The predicted molar refractivity (Wildman–Crippen MR) is 104 cm³/mol. The lowest BCUT2D eigenvalue weighted by Crippen LogP contribution is -2.52. The van der Waals surface area contributed by atoms with E-state index in [2.05, 4.69) is 19.2 Å². The van der Waals surface area contributed by atoms with Gasteiger partial charge < -0.3 is 11.1 Å². The van der Waals surface area contributed by atoms with E-state index in [1.165, 1.54) is 0 Å². The molecule has 1 aliphatic rings. The van der Waals surface area contributed by atoms with Crippen LogP contribution in [0.15, 0.2) is 41.8 Å². The number of nitrogens with one attached hydrogen (secondary N) is 1. The van der Waals surface area contributed by atoms with Crippen LogP contribution in [0.3, 0.4) is 0 Å². The van der Waals surface area contributed by atoms with Gasteiger partial charge in [0.2, 0.25) is 11.8 Å². The fourth-order valence-electron chi connectivity index (χ4n) is 3.46. The van der Waals surface area contributed by atoms with Gasteiger partial charge in [-0.1, -0.05) is 44.2 Å². The topological polar surface area (TPSA) is 75.4 Å². The Morgan fingerprint density at radius 1 is 1.23 bits per heavy atom. The van der Waals surface area contributed by atoms with Crippen molar-refractivity contribution in [2.75, 3.05) is 6.54 Å². The third kappa shape index (κ3) is 4.14. The zero-order chi connectivity index (χ0) is 18.7. The van der Waals surface area contributed by atoms with Crippen LogP contribution in [-0.2, 0) is 22.6 Å². The van der Waals surface area contributed by atoms with Crippen LogP contribution in [0.2, 0.25) is 0 Å². The van der Waals surface area contributed by atoms with Gasteiger partial charge in [0.1, 0.15) is 0 Å². The number of rotatable bonds is 6. The van der Waals surface area contributed by atoms with Crippen molar-refractivity contribution in [1.82, 2.24) is 10.2 Å². The summed E-state index contributed by atoms with van der Waals surface area (Å²) >= 11 is 1.64. The standard InChI is InChI=1S/C20H25N3O2S/c1-13(2)19(17-8-5-9-26-17)22-18(24)12-23-11-15-7-4-3-6-14(15)10-16(23)20(21)25/h3-9,13,16,19H,10-12H2,1-2H3,(H2,21,25)(H,22,24)/t16-,19+/m1/s1. The molecule has 3 N–H and O–H groups in total. The molecule has 2 aromatic rings. The van der Waals surface area contributed by atoms with Crippen LogP contribution < -0.4 is 11.1 Å². The normalized spacial score (nSPS) is 18.3. The number of hydrogen-bond acceptors (Lipinski definition) is 4. The molecule has 2 amide bonds. The van der Waals surface area contributed by atoms with Crippen LogP contribution in [0.5, 0.6) is 0 Å². The first-order chi connectivity index (χ1) is 12.5. The number of amides is 2. The monoisotopic (exact) mass is 371 g/mol. The fourth-order valence-corrected chi connectivity index (χ4v) is 4.41. The van der Waals surface area contributed by atoms with Gasteiger partial charge in [0, 0.05) is 11.4 Å². The van der Waals surface area contributed by atoms with Crippen molar-refractivity contribution in [3.63, 3.8) is 0 Å². The first kappa shape index (κ1) is 18.6. The van der Waals surface area contributed by atoms with Gasteiger partial charge in [-0.15, -0.1) is 11.3 Å². The Morgan fingerprint density at radius 2 is 1.96 bits per heavy atom. The molecule has 0 saturated heterocycles. The van der Waals surface area contributed by atoms with Crippen molar-refractivity contribution in [1.29, 1.82) is 0 Å². The minimum absolute atomic E-state index is 0.0217. The number of carbonyl (C=O) groups excluding carboxylic acids is 2. The van der Waals surface area contributed by atoms with E-state index in [1.807, 2.05) is 46.7 Å². The van der Waals surface area contributed by atoms with Gasteiger partial charge in [0.15, 0.2) is 0 Å². The Morgan fingerprint density at radius 3 is 2.58 bits per heavy atom. The Balaban J connectivity index is 1.72. The lowest BCUT2D eigenvalue weighted by atomic mass is 9.93. The van der Waals surface area contributed by atoms with Gasteiger partial charge in [0.05, 0.1) is 18.6 Å². The number of nitrogens with zero attached hydrogens (tertiary/aromatic N) is 1. The molecule has 0 aliphatic carbocycles. The van der Waals surface area contributed by atoms with Crippen molar-refractivity contribution >= 4 is 23.2 Å². The minimum Gasteiger partial charge on any atom is -0.368 e. The van der Waals surface area contributed by atoms with Crippen LogP contribution in [0.1, 0.15) is 35.9 Å². The summed E-state index contributed by atoms with van der Waals surface area (Å²) in [6, 6.07) is 11.6. The van der Waals surface area contributed by atoms with Crippen LogP contribution in [0.4, 0.5) is 0 Å². The lowest BCUT2D eigenvalue weighted by Gasteiger charge is -2.35. The molecule has 0 unspecified atom stereocenters. The molecule has 0 saturated carbocycles. The Kier molecular flexibility index (Phi) is 5.74. The molecule has 6 heteroatoms. The molecule has 0 spiro atoms. The van der Waals surface area contributed by atoms with Gasteiger partial charge in [0.25, 0.3) is 0 Å². The Hall–Kier alpha value is -2.18. The predicted octanol–water partition coefficient (Wildman–Crippen LogP) is 2.47. The Labute approximate surface area is 158 Å². The highest BCUT2D eigenvalue weighted by Gasteiger charge is 2.31. The van der Waals surface area contributed by atoms with Crippen molar-refractivity contribution in [3.8, 4) is 0 Å². The highest BCUT2D eigenvalue weighted by atomic mass is 32.1. The third-order valence-electron chi connectivity index (χ3n) is 4.85. The maximum atomic E-state index is 12.7. The lowest BCUT2D eigenvalue weighted by molar-refractivity contribution is -0.128. The van der Waals surface area contributed by atoms with E-state index in [-0.39, 0.29) is 30.3 Å². The fraction of sp³-hybridized carbons (Fsp3) is 0.400. The number of nitrogens with two attached hydrogens (primary N) is 1. The van der Waals surface area contributed by atoms with E-state index in [0.29, 0.717) is 13.0 Å². The maximum absolute atomic E-state index is 12.7. The van der Waals surface area contributed by atoms with E-state index in [0.717, 1.165) is 16.0 Å². The summed E-state index contributed by atoms with van der Waals surface area (Å²) in [4.78, 5) is 27.6. The summed E-state index contributed by atoms with van der Waals surface area (Å²) < 4.78 is 0. The second kappa shape index (κ2) is 8.01. The zero-order valence-corrected chi connectivity index (χ0v) is 16.0. The molecule has 1 aromatic carbocycles. The maximum Gasteiger partial charge on any atom is 0.235 e. The molecule has 0 bridgehead atoms. The average molecular weight is 372 g/mol. The second-order valence-corrected chi connectivity index (χ2v) is 8.08. The molecule has 138 valence electrons. The van der Waals surface area contributed by atoms with Crippen molar-refractivity contribution in [3.05, 3.63) is 57.8 Å². The Bertz CT molecular complexity index is 773. The SMILES string of the molecule is CC(C)[C@H](NC(=O)CN1Cc2ccccc2C[C@@H]1C(N)=O)c1cccs1. The number of benzene rings is 1. The smallest absolute Gasteiger partial charge is 0.235 e. The largest absolute Gasteiger partial charge is 0.368 e. The van der Waals surface area contributed by atoms with E-state index in [9.17, 15) is 9.59 Å².